The van der Waals surface area contributed by atoms with Crippen molar-refractivity contribution in [3.8, 4) is 0 Å². The molecule has 0 bridgehead atoms. The smallest absolute Gasteiger partial charge is 0.242 e. The molecule has 0 spiro atoms. The van der Waals surface area contributed by atoms with Crippen LogP contribution in [0.4, 0.5) is 0 Å². The number of nitrogens with zero attached hydrogens (tertiary/aromatic N) is 2. The van der Waals surface area contributed by atoms with Crippen LogP contribution >= 0.6 is 11.6 Å². The first-order chi connectivity index (χ1) is 10.8. The molecule has 1 aromatic carbocycles. The highest BCUT2D eigenvalue weighted by molar-refractivity contribution is 7.88. The number of amides is 1. The number of hydrogen-bond acceptors (Lipinski definition) is 3. The Balaban J connectivity index is 1.68. The van der Waals surface area contributed by atoms with Gasteiger partial charge in [0.05, 0.1) is 6.26 Å². The second-order valence-corrected chi connectivity index (χ2v) is 8.08. The summed E-state index contributed by atoms with van der Waals surface area (Å²) in [6, 6.07) is 7.31. The average Bonchev–Trinajstić information content (AvgIpc) is 3.05. The van der Waals surface area contributed by atoms with E-state index in [2.05, 4.69) is 4.72 Å². The normalized spacial score (nSPS) is 18.7. The highest BCUT2D eigenvalue weighted by Crippen LogP contribution is 2.21. The van der Waals surface area contributed by atoms with Crippen LogP contribution in [0.5, 0.6) is 0 Å². The minimum atomic E-state index is -3.25. The number of carbonyl (C=O) groups is 1. The van der Waals surface area contributed by atoms with Crippen molar-refractivity contribution in [2.75, 3.05) is 19.3 Å². The van der Waals surface area contributed by atoms with E-state index in [1.165, 1.54) is 0 Å². The lowest BCUT2D eigenvalue weighted by atomic mass is 10.2. The van der Waals surface area contributed by atoms with Crippen molar-refractivity contribution in [3.63, 3.8) is 0 Å². The van der Waals surface area contributed by atoms with Crippen molar-refractivity contribution in [1.29, 1.82) is 0 Å². The van der Waals surface area contributed by atoms with E-state index in [1.54, 1.807) is 4.90 Å². The van der Waals surface area contributed by atoms with Crippen LogP contribution in [-0.4, -0.2) is 49.2 Å². The van der Waals surface area contributed by atoms with E-state index in [-0.39, 0.29) is 18.5 Å². The molecule has 1 N–H and O–H groups in total. The summed E-state index contributed by atoms with van der Waals surface area (Å²) in [4.78, 5) is 14.1. The van der Waals surface area contributed by atoms with Crippen LogP contribution in [0.2, 0.25) is 5.02 Å². The predicted octanol–water partition coefficient (Wildman–Crippen LogP) is 1.44. The Labute approximate surface area is 140 Å². The monoisotopic (exact) mass is 355 g/mol. The Bertz CT molecular complexity index is 847. The van der Waals surface area contributed by atoms with E-state index >= 15 is 0 Å². The molecule has 1 aliphatic rings. The maximum absolute atomic E-state index is 12.4. The zero-order chi connectivity index (χ0) is 16.6. The number of rotatable bonds is 4. The summed E-state index contributed by atoms with van der Waals surface area (Å²) >= 11 is 6.02. The van der Waals surface area contributed by atoms with Gasteiger partial charge in [0.15, 0.2) is 0 Å². The summed E-state index contributed by atoms with van der Waals surface area (Å²) in [7, 11) is -3.25. The Morgan fingerprint density at radius 3 is 2.91 bits per heavy atom. The third-order valence-corrected chi connectivity index (χ3v) is 4.96. The van der Waals surface area contributed by atoms with Gasteiger partial charge >= 0.3 is 0 Å². The molecule has 8 heteroatoms. The van der Waals surface area contributed by atoms with Crippen LogP contribution in [0.1, 0.15) is 6.42 Å². The minimum Gasteiger partial charge on any atom is -0.339 e. The van der Waals surface area contributed by atoms with Gasteiger partial charge in [-0.3, -0.25) is 4.79 Å². The van der Waals surface area contributed by atoms with Gasteiger partial charge in [0.25, 0.3) is 0 Å². The van der Waals surface area contributed by atoms with E-state index in [0.29, 0.717) is 24.5 Å². The maximum atomic E-state index is 12.4. The highest BCUT2D eigenvalue weighted by Gasteiger charge is 2.28. The van der Waals surface area contributed by atoms with Crippen LogP contribution in [0.15, 0.2) is 30.5 Å². The lowest BCUT2D eigenvalue weighted by molar-refractivity contribution is -0.130. The molecular weight excluding hydrogens is 338 g/mol. The first kappa shape index (κ1) is 16.3. The largest absolute Gasteiger partial charge is 0.339 e. The van der Waals surface area contributed by atoms with E-state index in [1.807, 2.05) is 35.0 Å². The molecule has 0 radical (unpaired) electrons. The molecule has 3 rings (SSSR count). The van der Waals surface area contributed by atoms with Gasteiger partial charge < -0.3 is 9.47 Å². The van der Waals surface area contributed by atoms with Crippen molar-refractivity contribution in [1.82, 2.24) is 14.2 Å². The number of nitrogens with one attached hydrogen (secondary N) is 1. The maximum Gasteiger partial charge on any atom is 0.242 e. The van der Waals surface area contributed by atoms with Crippen molar-refractivity contribution in [3.05, 3.63) is 35.5 Å². The molecule has 2 aromatic rings. The van der Waals surface area contributed by atoms with Gasteiger partial charge in [-0.05, 0) is 30.0 Å². The number of likely N-dealkylation sites (tertiary alicyclic amines) is 1. The van der Waals surface area contributed by atoms with Crippen LogP contribution in [0.25, 0.3) is 10.9 Å². The average molecular weight is 356 g/mol. The molecule has 2 heterocycles. The predicted molar refractivity (Wildman–Crippen MR) is 89.9 cm³/mol. The van der Waals surface area contributed by atoms with Crippen LogP contribution in [0, 0.1) is 0 Å². The Morgan fingerprint density at radius 1 is 1.39 bits per heavy atom. The molecule has 1 fully saturated rings. The molecule has 1 atom stereocenters. The van der Waals surface area contributed by atoms with Gasteiger partial charge in [-0.25, -0.2) is 13.1 Å². The van der Waals surface area contributed by atoms with Crippen molar-refractivity contribution in [2.45, 2.75) is 19.0 Å². The van der Waals surface area contributed by atoms with Crippen molar-refractivity contribution < 1.29 is 13.2 Å². The third kappa shape index (κ3) is 3.85. The van der Waals surface area contributed by atoms with E-state index in [9.17, 15) is 13.2 Å². The Morgan fingerprint density at radius 2 is 2.17 bits per heavy atom. The molecule has 1 aliphatic heterocycles. The minimum absolute atomic E-state index is 0.0275. The second kappa shape index (κ2) is 6.14. The van der Waals surface area contributed by atoms with Crippen molar-refractivity contribution >= 4 is 38.4 Å². The summed E-state index contributed by atoms with van der Waals surface area (Å²) in [5.74, 6) is -0.0275. The van der Waals surface area contributed by atoms with Gasteiger partial charge in [0.1, 0.15) is 6.54 Å². The SMILES string of the molecule is CS(=O)(=O)NC1CCN(C(=O)Cn2ccc3ccc(Cl)cc32)C1. The molecule has 1 amide bonds. The number of carbonyl (C=O) groups excluding carboxylic acids is 1. The standard InChI is InChI=1S/C15H18ClN3O3S/c1-23(21,22)17-13-5-7-19(9-13)15(20)10-18-6-4-11-2-3-12(16)8-14(11)18/h2-4,6,8,13,17H,5,7,9-10H2,1H3. The topological polar surface area (TPSA) is 71.4 Å². The quantitative estimate of drug-likeness (QED) is 0.902. The lowest BCUT2D eigenvalue weighted by Gasteiger charge is -2.17. The van der Waals surface area contributed by atoms with Gasteiger partial charge in [-0.15, -0.1) is 0 Å². The van der Waals surface area contributed by atoms with Crippen LogP contribution in [-0.2, 0) is 21.4 Å². The zero-order valence-corrected chi connectivity index (χ0v) is 14.3. The number of sulfonamides is 1. The summed E-state index contributed by atoms with van der Waals surface area (Å²) in [5.41, 5.74) is 0.913. The van der Waals surface area contributed by atoms with Crippen LogP contribution in [0.3, 0.4) is 0 Å². The highest BCUT2D eigenvalue weighted by atomic mass is 35.5. The number of hydrogen-bond donors (Lipinski definition) is 1. The fourth-order valence-corrected chi connectivity index (χ4v) is 3.89. The Hall–Kier alpha value is -1.57. The lowest BCUT2D eigenvalue weighted by Crippen LogP contribution is -2.38. The van der Waals surface area contributed by atoms with Gasteiger partial charge in [0.2, 0.25) is 15.9 Å². The molecule has 1 unspecified atom stereocenters. The number of fused-ring (bicyclic) bond motifs is 1. The molecule has 1 aromatic heterocycles. The van der Waals surface area contributed by atoms with Crippen molar-refractivity contribution in [2.24, 2.45) is 0 Å². The molecule has 6 nitrogen and oxygen atoms in total. The summed E-state index contributed by atoms with van der Waals surface area (Å²) in [6.45, 7) is 1.19. The molecule has 1 saturated heterocycles. The molecule has 0 aliphatic carbocycles. The van der Waals surface area contributed by atoms with Crippen LogP contribution < -0.4 is 4.72 Å². The third-order valence-electron chi connectivity index (χ3n) is 3.96. The summed E-state index contributed by atoms with van der Waals surface area (Å²) in [5, 5.41) is 1.66. The molecule has 23 heavy (non-hydrogen) atoms. The fraction of sp³-hybridized carbons (Fsp3) is 0.400. The number of halogens is 1. The first-order valence-electron chi connectivity index (χ1n) is 7.31. The zero-order valence-electron chi connectivity index (χ0n) is 12.7. The van der Waals surface area contributed by atoms with E-state index < -0.39 is 10.0 Å². The summed E-state index contributed by atoms with van der Waals surface area (Å²) < 4.78 is 26.9. The number of aromatic nitrogens is 1. The summed E-state index contributed by atoms with van der Waals surface area (Å²) in [6.07, 6.45) is 3.63. The number of benzene rings is 1. The van der Waals surface area contributed by atoms with Gasteiger partial charge in [-0.2, -0.15) is 0 Å². The second-order valence-electron chi connectivity index (χ2n) is 5.86. The molecule has 124 valence electrons. The fourth-order valence-electron chi connectivity index (χ4n) is 2.93. The van der Waals surface area contributed by atoms with Gasteiger partial charge in [-0.1, -0.05) is 17.7 Å². The van der Waals surface area contributed by atoms with Gasteiger partial charge in [0, 0.05) is 35.9 Å². The van der Waals surface area contributed by atoms with E-state index in [4.69, 9.17) is 11.6 Å². The van der Waals surface area contributed by atoms with E-state index in [0.717, 1.165) is 17.2 Å². The Kier molecular flexibility index (Phi) is 4.35. The first-order valence-corrected chi connectivity index (χ1v) is 9.58. The molecule has 0 saturated carbocycles. The molecular formula is C15H18ClN3O3S.